The molecule has 2 aromatic carbocycles. The van der Waals surface area contributed by atoms with E-state index in [1.165, 1.54) is 4.57 Å². The van der Waals surface area contributed by atoms with Gasteiger partial charge < -0.3 is 9.15 Å². The molecule has 5 nitrogen and oxygen atoms in total. The summed E-state index contributed by atoms with van der Waals surface area (Å²) < 4.78 is 11.9. The minimum absolute atomic E-state index is 0.303. The second-order valence-electron chi connectivity index (χ2n) is 4.94. The molecule has 1 aromatic heterocycles. The first-order valence-electron chi connectivity index (χ1n) is 6.98. The van der Waals surface area contributed by atoms with Gasteiger partial charge in [0, 0.05) is 0 Å². The van der Waals surface area contributed by atoms with Gasteiger partial charge in [-0.25, -0.2) is 9.59 Å². The summed E-state index contributed by atoms with van der Waals surface area (Å²) in [6, 6.07) is 14.5. The molecule has 5 heteroatoms. The van der Waals surface area contributed by atoms with Gasteiger partial charge in [-0.15, -0.1) is 0 Å². The van der Waals surface area contributed by atoms with Crippen LogP contribution in [0.4, 0.5) is 0 Å². The average molecular weight is 297 g/mol. The van der Waals surface area contributed by atoms with Crippen LogP contribution in [0.1, 0.15) is 5.56 Å². The third kappa shape index (κ3) is 2.65. The Labute approximate surface area is 126 Å². The van der Waals surface area contributed by atoms with Gasteiger partial charge in [0.2, 0.25) is 0 Å². The molecule has 1 heterocycles. The lowest BCUT2D eigenvalue weighted by Crippen LogP contribution is -2.27. The Morgan fingerprint density at radius 1 is 1.05 bits per heavy atom. The predicted molar refractivity (Wildman–Crippen MR) is 83.4 cm³/mol. The zero-order valence-electron chi connectivity index (χ0n) is 12.1. The molecule has 0 saturated carbocycles. The van der Waals surface area contributed by atoms with Gasteiger partial charge in [-0.2, -0.15) is 0 Å². The van der Waals surface area contributed by atoms with E-state index in [1.807, 2.05) is 31.2 Å². The molecule has 0 atom stereocenters. The Bertz CT molecular complexity index is 924. The lowest BCUT2D eigenvalue weighted by atomic mass is 10.2. The van der Waals surface area contributed by atoms with Gasteiger partial charge >= 0.3 is 11.4 Å². The Hall–Kier alpha value is -2.82. The highest BCUT2D eigenvalue weighted by atomic mass is 16.5. The van der Waals surface area contributed by atoms with Crippen molar-refractivity contribution in [2.24, 2.45) is 0 Å². The van der Waals surface area contributed by atoms with Crippen molar-refractivity contribution in [1.29, 1.82) is 0 Å². The van der Waals surface area contributed by atoms with E-state index in [0.717, 1.165) is 11.3 Å². The minimum atomic E-state index is -0.669. The Balaban J connectivity index is 1.87. The van der Waals surface area contributed by atoms with E-state index in [0.29, 0.717) is 24.1 Å². The molecule has 0 amide bonds. The molecule has 0 radical (unpaired) electrons. The van der Waals surface area contributed by atoms with Crippen LogP contribution in [0, 0.1) is 6.92 Å². The summed E-state index contributed by atoms with van der Waals surface area (Å²) in [5.41, 5.74) is 0.966. The number of nitrogens with zero attached hydrogens (tertiary/aromatic N) is 1. The second-order valence-corrected chi connectivity index (χ2v) is 4.94. The normalized spacial score (nSPS) is 10.8. The molecule has 0 spiro atoms. The van der Waals surface area contributed by atoms with Crippen molar-refractivity contribution in [1.82, 2.24) is 4.57 Å². The topological polar surface area (TPSA) is 61.4 Å². The van der Waals surface area contributed by atoms with Gasteiger partial charge in [0.25, 0.3) is 0 Å². The fraction of sp³-hybridized carbons (Fsp3) is 0.176. The van der Waals surface area contributed by atoms with Gasteiger partial charge in [0.15, 0.2) is 0 Å². The van der Waals surface area contributed by atoms with Crippen molar-refractivity contribution in [2.75, 3.05) is 6.61 Å². The maximum Gasteiger partial charge on any atom is 0.422 e. The Morgan fingerprint density at radius 3 is 2.59 bits per heavy atom. The first kappa shape index (κ1) is 14.1. The SMILES string of the molecule is Cc1ccccc1OCCn1c(=O)oc(=O)c2ccccc21. The van der Waals surface area contributed by atoms with Crippen LogP contribution in [0.2, 0.25) is 0 Å². The summed E-state index contributed by atoms with van der Waals surface area (Å²) in [7, 11) is 0. The Morgan fingerprint density at radius 2 is 1.77 bits per heavy atom. The zero-order valence-corrected chi connectivity index (χ0v) is 12.1. The summed E-state index contributed by atoms with van der Waals surface area (Å²) in [5, 5.41) is 0.387. The van der Waals surface area contributed by atoms with Crippen molar-refractivity contribution in [3.8, 4) is 5.75 Å². The molecule has 0 aliphatic heterocycles. The number of aryl methyl sites for hydroxylation is 1. The first-order valence-corrected chi connectivity index (χ1v) is 6.98. The van der Waals surface area contributed by atoms with Crippen LogP contribution in [-0.4, -0.2) is 11.2 Å². The molecule has 22 heavy (non-hydrogen) atoms. The van der Waals surface area contributed by atoms with Crippen LogP contribution in [0.5, 0.6) is 5.75 Å². The maximum absolute atomic E-state index is 11.9. The molecule has 0 aliphatic rings. The summed E-state index contributed by atoms with van der Waals surface area (Å²) in [4.78, 5) is 23.6. The lowest BCUT2D eigenvalue weighted by molar-refractivity contribution is 0.286. The molecule has 112 valence electrons. The quantitative estimate of drug-likeness (QED) is 0.741. The number of ether oxygens (including phenoxy) is 1. The van der Waals surface area contributed by atoms with Gasteiger partial charge in [-0.1, -0.05) is 30.3 Å². The van der Waals surface area contributed by atoms with Crippen LogP contribution in [0.3, 0.4) is 0 Å². The van der Waals surface area contributed by atoms with Crippen molar-refractivity contribution >= 4 is 10.9 Å². The highest BCUT2D eigenvalue weighted by Gasteiger charge is 2.08. The van der Waals surface area contributed by atoms with Crippen LogP contribution in [0.15, 0.2) is 62.5 Å². The molecule has 0 saturated heterocycles. The maximum atomic E-state index is 11.9. The van der Waals surface area contributed by atoms with Crippen molar-refractivity contribution < 1.29 is 9.15 Å². The van der Waals surface area contributed by atoms with E-state index in [-0.39, 0.29) is 0 Å². The predicted octanol–water partition coefficient (Wildman–Crippen LogP) is 2.34. The first-order chi connectivity index (χ1) is 10.7. The average Bonchev–Trinajstić information content (AvgIpc) is 2.52. The molecular formula is C17H15NO4. The van der Waals surface area contributed by atoms with Crippen LogP contribution < -0.4 is 16.1 Å². The largest absolute Gasteiger partial charge is 0.491 e. The minimum Gasteiger partial charge on any atom is -0.491 e. The summed E-state index contributed by atoms with van der Waals surface area (Å²) >= 11 is 0. The fourth-order valence-electron chi connectivity index (χ4n) is 2.35. The molecule has 0 aliphatic carbocycles. The smallest absolute Gasteiger partial charge is 0.422 e. The van der Waals surface area contributed by atoms with Crippen molar-refractivity contribution in [3.63, 3.8) is 0 Å². The highest BCUT2D eigenvalue weighted by Crippen LogP contribution is 2.16. The molecule has 3 aromatic rings. The fourth-order valence-corrected chi connectivity index (χ4v) is 2.35. The number of benzene rings is 2. The number of aromatic nitrogens is 1. The molecule has 0 N–H and O–H groups in total. The molecule has 0 unspecified atom stereocenters. The van der Waals surface area contributed by atoms with Crippen molar-refractivity contribution in [2.45, 2.75) is 13.5 Å². The Kier molecular flexibility index (Phi) is 3.78. The summed E-state index contributed by atoms with van der Waals surface area (Å²) in [6.07, 6.45) is 0. The molecule has 0 fully saturated rings. The van der Waals surface area contributed by atoms with Gasteiger partial charge in [-0.3, -0.25) is 4.57 Å². The van der Waals surface area contributed by atoms with Crippen LogP contribution >= 0.6 is 0 Å². The molecular weight excluding hydrogens is 282 g/mol. The number of rotatable bonds is 4. The number of hydrogen-bond acceptors (Lipinski definition) is 4. The van der Waals surface area contributed by atoms with Crippen LogP contribution in [-0.2, 0) is 6.54 Å². The van der Waals surface area contributed by atoms with E-state index >= 15 is 0 Å². The number of para-hydroxylation sites is 2. The van der Waals surface area contributed by atoms with E-state index in [2.05, 4.69) is 0 Å². The van der Waals surface area contributed by atoms with E-state index in [1.54, 1.807) is 24.3 Å². The van der Waals surface area contributed by atoms with Gasteiger partial charge in [-0.05, 0) is 30.7 Å². The zero-order chi connectivity index (χ0) is 15.5. The third-order valence-electron chi connectivity index (χ3n) is 3.48. The van der Waals surface area contributed by atoms with E-state index in [4.69, 9.17) is 9.15 Å². The third-order valence-corrected chi connectivity index (χ3v) is 3.48. The van der Waals surface area contributed by atoms with Crippen LogP contribution in [0.25, 0.3) is 10.9 Å². The molecule has 3 rings (SSSR count). The van der Waals surface area contributed by atoms with E-state index in [9.17, 15) is 9.59 Å². The standard InChI is InChI=1S/C17H15NO4/c1-12-6-2-5-9-15(12)21-11-10-18-14-8-4-3-7-13(14)16(19)22-17(18)20/h2-9H,10-11H2,1H3. The molecule has 0 bridgehead atoms. The van der Waals surface area contributed by atoms with Crippen molar-refractivity contribution in [3.05, 3.63) is 75.1 Å². The summed E-state index contributed by atoms with van der Waals surface area (Å²) in [6.45, 7) is 2.57. The lowest BCUT2D eigenvalue weighted by Gasteiger charge is -2.11. The number of hydrogen-bond donors (Lipinski definition) is 0. The van der Waals surface area contributed by atoms with Gasteiger partial charge in [0.1, 0.15) is 12.4 Å². The highest BCUT2D eigenvalue weighted by molar-refractivity contribution is 5.77. The van der Waals surface area contributed by atoms with E-state index < -0.39 is 11.4 Å². The van der Waals surface area contributed by atoms with Gasteiger partial charge in [0.05, 0.1) is 17.4 Å². The summed E-state index contributed by atoms with van der Waals surface area (Å²) in [5.74, 6) is 0.106. The second kappa shape index (κ2) is 5.89. The monoisotopic (exact) mass is 297 g/mol. The number of fused-ring (bicyclic) bond motifs is 1.